The molecule has 0 spiro atoms. The maximum absolute atomic E-state index is 12.3. The number of aromatic nitrogens is 3. The summed E-state index contributed by atoms with van der Waals surface area (Å²) in [4.78, 5) is 26.8. The summed E-state index contributed by atoms with van der Waals surface area (Å²) < 4.78 is 12.1. The largest absolute Gasteiger partial charge is 0.493 e. The molecule has 0 unspecified atom stereocenters. The molecule has 0 N–H and O–H groups in total. The van der Waals surface area contributed by atoms with Crippen molar-refractivity contribution in [1.29, 1.82) is 0 Å². The van der Waals surface area contributed by atoms with Gasteiger partial charge in [0.15, 0.2) is 5.65 Å². The van der Waals surface area contributed by atoms with Gasteiger partial charge in [0.05, 0.1) is 17.7 Å². The van der Waals surface area contributed by atoms with E-state index in [1.807, 2.05) is 0 Å². The SMILES string of the molecule is CCOc1ccc([N+](=O)[O-])cc1COC(=O)c1cnn2cccnc12. The van der Waals surface area contributed by atoms with Gasteiger partial charge in [0.2, 0.25) is 0 Å². The summed E-state index contributed by atoms with van der Waals surface area (Å²) in [6, 6.07) is 5.84. The standard InChI is InChI=1S/C16H14N4O5/c1-2-24-14-5-4-12(20(22)23)8-11(14)10-25-16(21)13-9-18-19-7-3-6-17-15(13)19/h3-9H,2,10H2,1H3. The second kappa shape index (κ2) is 6.95. The van der Waals surface area contributed by atoms with Crippen molar-refractivity contribution in [2.75, 3.05) is 6.61 Å². The first kappa shape index (κ1) is 16.4. The summed E-state index contributed by atoms with van der Waals surface area (Å²) in [5.74, 6) is -0.193. The van der Waals surface area contributed by atoms with E-state index in [2.05, 4.69) is 10.1 Å². The van der Waals surface area contributed by atoms with Crippen LogP contribution in [0.3, 0.4) is 0 Å². The number of hydrogen-bond donors (Lipinski definition) is 0. The van der Waals surface area contributed by atoms with E-state index in [1.165, 1.54) is 28.9 Å². The lowest BCUT2D eigenvalue weighted by atomic mass is 10.2. The summed E-state index contributed by atoms with van der Waals surface area (Å²) in [5.41, 5.74) is 0.890. The highest BCUT2D eigenvalue weighted by Crippen LogP contribution is 2.25. The van der Waals surface area contributed by atoms with Crippen LogP contribution in [0.5, 0.6) is 5.75 Å². The number of esters is 1. The van der Waals surface area contributed by atoms with E-state index in [-0.39, 0.29) is 17.9 Å². The molecule has 1 aromatic carbocycles. The molecule has 2 heterocycles. The quantitative estimate of drug-likeness (QED) is 0.384. The van der Waals surface area contributed by atoms with Gasteiger partial charge in [-0.25, -0.2) is 14.3 Å². The van der Waals surface area contributed by atoms with E-state index in [1.54, 1.807) is 25.4 Å². The van der Waals surface area contributed by atoms with Crippen LogP contribution in [0.4, 0.5) is 5.69 Å². The zero-order valence-electron chi connectivity index (χ0n) is 13.3. The number of hydrogen-bond acceptors (Lipinski definition) is 7. The molecule has 25 heavy (non-hydrogen) atoms. The Morgan fingerprint density at radius 2 is 2.24 bits per heavy atom. The lowest BCUT2D eigenvalue weighted by Gasteiger charge is -2.10. The minimum absolute atomic E-state index is 0.104. The fraction of sp³-hybridized carbons (Fsp3) is 0.188. The maximum Gasteiger partial charge on any atom is 0.343 e. The molecular formula is C16H14N4O5. The van der Waals surface area contributed by atoms with Crippen molar-refractivity contribution in [3.8, 4) is 5.75 Å². The van der Waals surface area contributed by atoms with Crippen LogP contribution in [-0.2, 0) is 11.3 Å². The van der Waals surface area contributed by atoms with Gasteiger partial charge in [-0.15, -0.1) is 0 Å². The highest BCUT2D eigenvalue weighted by atomic mass is 16.6. The van der Waals surface area contributed by atoms with Gasteiger partial charge in [-0.05, 0) is 19.1 Å². The summed E-state index contributed by atoms with van der Waals surface area (Å²) in [7, 11) is 0. The van der Waals surface area contributed by atoms with Gasteiger partial charge in [0.1, 0.15) is 17.9 Å². The van der Waals surface area contributed by atoms with E-state index in [4.69, 9.17) is 9.47 Å². The lowest BCUT2D eigenvalue weighted by Crippen LogP contribution is -2.07. The normalized spacial score (nSPS) is 10.6. The number of nitro benzene ring substituents is 1. The van der Waals surface area contributed by atoms with Gasteiger partial charge in [-0.2, -0.15) is 5.10 Å². The van der Waals surface area contributed by atoms with Crippen molar-refractivity contribution in [3.05, 3.63) is 64.1 Å². The topological polar surface area (TPSA) is 109 Å². The molecule has 0 aliphatic carbocycles. The Hall–Kier alpha value is -3.49. The minimum atomic E-state index is -0.623. The molecule has 0 saturated carbocycles. The third kappa shape index (κ3) is 3.39. The Balaban J connectivity index is 1.81. The number of benzene rings is 1. The molecule has 9 heteroatoms. The molecular weight excluding hydrogens is 328 g/mol. The zero-order valence-corrected chi connectivity index (χ0v) is 13.3. The van der Waals surface area contributed by atoms with Crippen LogP contribution in [0.2, 0.25) is 0 Å². The molecule has 0 bridgehead atoms. The fourth-order valence-corrected chi connectivity index (χ4v) is 2.28. The number of fused-ring (bicyclic) bond motifs is 1. The monoisotopic (exact) mass is 342 g/mol. The number of carbonyl (C=O) groups excluding carboxylic acids is 1. The Morgan fingerprint density at radius 3 is 3.00 bits per heavy atom. The molecule has 3 rings (SSSR count). The Kier molecular flexibility index (Phi) is 4.55. The van der Waals surface area contributed by atoms with Gasteiger partial charge in [-0.3, -0.25) is 10.1 Å². The first-order valence-corrected chi connectivity index (χ1v) is 7.45. The Morgan fingerprint density at radius 1 is 1.40 bits per heavy atom. The van der Waals surface area contributed by atoms with E-state index >= 15 is 0 Å². The Bertz CT molecular complexity index is 937. The highest BCUT2D eigenvalue weighted by molar-refractivity contribution is 5.95. The number of carbonyl (C=O) groups is 1. The van der Waals surface area contributed by atoms with E-state index in [0.717, 1.165) is 0 Å². The minimum Gasteiger partial charge on any atom is -0.493 e. The van der Waals surface area contributed by atoms with Crippen LogP contribution in [0, 0.1) is 10.1 Å². The van der Waals surface area contributed by atoms with Gasteiger partial charge >= 0.3 is 5.97 Å². The van der Waals surface area contributed by atoms with Gasteiger partial charge < -0.3 is 9.47 Å². The number of ether oxygens (including phenoxy) is 2. The highest BCUT2D eigenvalue weighted by Gasteiger charge is 2.17. The molecule has 0 amide bonds. The molecule has 9 nitrogen and oxygen atoms in total. The van der Waals surface area contributed by atoms with Crippen molar-refractivity contribution < 1.29 is 19.2 Å². The number of non-ortho nitro benzene ring substituents is 1. The first-order valence-electron chi connectivity index (χ1n) is 7.45. The average molecular weight is 342 g/mol. The third-order valence-electron chi connectivity index (χ3n) is 3.41. The predicted molar refractivity (Wildman–Crippen MR) is 86.4 cm³/mol. The smallest absolute Gasteiger partial charge is 0.343 e. The van der Waals surface area contributed by atoms with Crippen molar-refractivity contribution in [1.82, 2.24) is 14.6 Å². The van der Waals surface area contributed by atoms with Gasteiger partial charge in [0.25, 0.3) is 5.69 Å². The van der Waals surface area contributed by atoms with Crippen LogP contribution in [-0.4, -0.2) is 32.1 Å². The molecule has 3 aromatic rings. The van der Waals surface area contributed by atoms with Crippen LogP contribution in [0.25, 0.3) is 5.65 Å². The molecule has 0 aliphatic heterocycles. The molecule has 128 valence electrons. The third-order valence-corrected chi connectivity index (χ3v) is 3.41. The Labute approximate surface area is 142 Å². The van der Waals surface area contributed by atoms with Crippen LogP contribution in [0.15, 0.2) is 42.9 Å². The number of nitrogens with zero attached hydrogens (tertiary/aromatic N) is 4. The van der Waals surface area contributed by atoms with E-state index in [9.17, 15) is 14.9 Å². The molecule has 2 aromatic heterocycles. The average Bonchev–Trinajstić information content (AvgIpc) is 3.05. The fourth-order valence-electron chi connectivity index (χ4n) is 2.28. The number of rotatable bonds is 6. The van der Waals surface area contributed by atoms with Crippen molar-refractivity contribution >= 4 is 17.3 Å². The summed E-state index contributed by atoms with van der Waals surface area (Å²) in [6.45, 7) is 2.01. The van der Waals surface area contributed by atoms with Crippen molar-refractivity contribution in [2.45, 2.75) is 13.5 Å². The molecule has 0 saturated heterocycles. The number of nitro groups is 1. The van der Waals surface area contributed by atoms with E-state index in [0.29, 0.717) is 23.6 Å². The van der Waals surface area contributed by atoms with Crippen LogP contribution >= 0.6 is 0 Å². The molecule has 0 radical (unpaired) electrons. The zero-order chi connectivity index (χ0) is 17.8. The van der Waals surface area contributed by atoms with Crippen molar-refractivity contribution in [2.24, 2.45) is 0 Å². The summed E-state index contributed by atoms with van der Waals surface area (Å²) >= 11 is 0. The molecule has 0 fully saturated rings. The van der Waals surface area contributed by atoms with E-state index < -0.39 is 10.9 Å². The summed E-state index contributed by atoms with van der Waals surface area (Å²) in [5, 5.41) is 14.9. The predicted octanol–water partition coefficient (Wildman–Crippen LogP) is 2.39. The molecule has 0 aliphatic rings. The maximum atomic E-state index is 12.3. The summed E-state index contributed by atoms with van der Waals surface area (Å²) in [6.07, 6.45) is 4.57. The first-order chi connectivity index (χ1) is 12.1. The second-order valence-electron chi connectivity index (χ2n) is 5.00. The molecule has 0 atom stereocenters. The van der Waals surface area contributed by atoms with Gasteiger partial charge in [0, 0.05) is 30.1 Å². The lowest BCUT2D eigenvalue weighted by molar-refractivity contribution is -0.385. The van der Waals surface area contributed by atoms with Crippen LogP contribution < -0.4 is 4.74 Å². The van der Waals surface area contributed by atoms with Crippen LogP contribution in [0.1, 0.15) is 22.8 Å². The van der Waals surface area contributed by atoms with Crippen molar-refractivity contribution in [3.63, 3.8) is 0 Å². The van der Waals surface area contributed by atoms with Gasteiger partial charge in [-0.1, -0.05) is 0 Å². The second-order valence-corrected chi connectivity index (χ2v) is 5.00.